The van der Waals surface area contributed by atoms with Gasteiger partial charge in [0.15, 0.2) is 0 Å². The summed E-state index contributed by atoms with van der Waals surface area (Å²) in [6, 6.07) is 0.0569. The second kappa shape index (κ2) is 5.99. The zero-order valence-corrected chi connectivity index (χ0v) is 12.2. The average Bonchev–Trinajstić information content (AvgIpc) is 2.84. The van der Waals surface area contributed by atoms with Gasteiger partial charge in [0.2, 0.25) is 0 Å². The number of nitrogens with zero attached hydrogens (tertiary/aromatic N) is 1. The maximum Gasteiger partial charge on any atom is 0.317 e. The molecule has 1 saturated heterocycles. The molecule has 0 aromatic carbocycles. The molecule has 1 heterocycles. The summed E-state index contributed by atoms with van der Waals surface area (Å²) >= 11 is 0. The molecular weight excluding hydrogens is 260 g/mol. The highest BCUT2D eigenvalue weighted by atomic mass is 16.5. The largest absolute Gasteiger partial charge is 0.481 e. The summed E-state index contributed by atoms with van der Waals surface area (Å²) in [6.45, 7) is 2.51. The number of urea groups is 1. The summed E-state index contributed by atoms with van der Waals surface area (Å²) in [5.41, 5.74) is -0.801. The van der Waals surface area contributed by atoms with Gasteiger partial charge in [-0.1, -0.05) is 0 Å². The minimum Gasteiger partial charge on any atom is -0.481 e. The molecule has 114 valence electrons. The number of hydrogen-bond acceptors (Lipinski definition) is 3. The molecule has 1 aliphatic heterocycles. The predicted octanol–water partition coefficient (Wildman–Crippen LogP) is 1.45. The number of carbonyl (C=O) groups excluding carboxylic acids is 1. The fourth-order valence-electron chi connectivity index (χ4n) is 3.02. The number of ether oxygens (including phenoxy) is 1. The molecule has 1 unspecified atom stereocenters. The molecule has 0 radical (unpaired) electrons. The number of carboxylic acid groups (broad SMARTS) is 1. The van der Waals surface area contributed by atoms with Crippen molar-refractivity contribution < 1.29 is 19.4 Å². The van der Waals surface area contributed by atoms with Crippen LogP contribution in [0.1, 0.15) is 39.0 Å². The summed E-state index contributed by atoms with van der Waals surface area (Å²) in [5.74, 6) is -0.826. The smallest absolute Gasteiger partial charge is 0.317 e. The highest BCUT2D eigenvalue weighted by Gasteiger charge is 2.42. The fraction of sp³-hybridized carbons (Fsp3) is 0.857. The van der Waals surface area contributed by atoms with E-state index >= 15 is 0 Å². The molecule has 6 heteroatoms. The van der Waals surface area contributed by atoms with E-state index in [1.54, 1.807) is 18.9 Å². The number of hydrogen-bond donors (Lipinski definition) is 2. The van der Waals surface area contributed by atoms with Gasteiger partial charge in [0, 0.05) is 26.2 Å². The van der Waals surface area contributed by atoms with Crippen LogP contribution in [0, 0.1) is 5.41 Å². The van der Waals surface area contributed by atoms with Crippen molar-refractivity contribution >= 4 is 12.0 Å². The second-order valence-electron chi connectivity index (χ2n) is 6.20. The van der Waals surface area contributed by atoms with Gasteiger partial charge in [0.05, 0.1) is 11.5 Å². The number of carboxylic acids is 1. The minimum absolute atomic E-state index is 0.129. The van der Waals surface area contributed by atoms with Crippen molar-refractivity contribution in [2.45, 2.75) is 51.2 Å². The Morgan fingerprint density at radius 2 is 1.95 bits per heavy atom. The van der Waals surface area contributed by atoms with Crippen molar-refractivity contribution in [3.63, 3.8) is 0 Å². The molecule has 0 aromatic heterocycles. The molecule has 1 aliphatic carbocycles. The summed E-state index contributed by atoms with van der Waals surface area (Å²) in [7, 11) is 1.72. The van der Waals surface area contributed by atoms with Crippen LogP contribution in [0.2, 0.25) is 0 Å². The SMILES string of the molecule is COC1CCC(NC(=O)N2CCC(C)(C(=O)O)C2)CC1. The Morgan fingerprint density at radius 3 is 2.45 bits per heavy atom. The van der Waals surface area contributed by atoms with Crippen LogP contribution >= 0.6 is 0 Å². The number of methoxy groups -OCH3 is 1. The van der Waals surface area contributed by atoms with Crippen molar-refractivity contribution in [2.75, 3.05) is 20.2 Å². The Kier molecular flexibility index (Phi) is 4.52. The second-order valence-corrected chi connectivity index (χ2v) is 6.20. The standard InChI is InChI=1S/C14H24N2O4/c1-14(12(17)18)7-8-16(9-14)13(19)15-10-3-5-11(20-2)6-4-10/h10-11H,3-9H2,1-2H3,(H,15,19)(H,17,18). The molecule has 2 N–H and O–H groups in total. The van der Waals surface area contributed by atoms with E-state index in [1.807, 2.05) is 0 Å². The molecule has 2 aliphatic rings. The molecule has 20 heavy (non-hydrogen) atoms. The third-order valence-electron chi connectivity index (χ3n) is 4.61. The Morgan fingerprint density at radius 1 is 1.30 bits per heavy atom. The van der Waals surface area contributed by atoms with E-state index in [-0.39, 0.29) is 12.1 Å². The highest BCUT2D eigenvalue weighted by molar-refractivity contribution is 5.79. The zero-order chi connectivity index (χ0) is 14.8. The van der Waals surface area contributed by atoms with E-state index in [0.29, 0.717) is 25.6 Å². The third-order valence-corrected chi connectivity index (χ3v) is 4.61. The van der Waals surface area contributed by atoms with Crippen molar-refractivity contribution in [1.82, 2.24) is 10.2 Å². The summed E-state index contributed by atoms with van der Waals surface area (Å²) in [6.07, 6.45) is 4.61. The van der Waals surface area contributed by atoms with Gasteiger partial charge in [0.1, 0.15) is 0 Å². The van der Waals surface area contributed by atoms with Crippen LogP contribution in [0.5, 0.6) is 0 Å². The molecule has 0 aromatic rings. The molecule has 2 rings (SSSR count). The van der Waals surface area contributed by atoms with Crippen LogP contribution < -0.4 is 5.32 Å². The van der Waals surface area contributed by atoms with E-state index in [9.17, 15) is 14.7 Å². The lowest BCUT2D eigenvalue weighted by Gasteiger charge is -2.30. The first-order valence-electron chi connectivity index (χ1n) is 7.26. The zero-order valence-electron chi connectivity index (χ0n) is 12.2. The average molecular weight is 284 g/mol. The van der Waals surface area contributed by atoms with Gasteiger partial charge in [-0.2, -0.15) is 0 Å². The number of likely N-dealkylation sites (tertiary alicyclic amines) is 1. The van der Waals surface area contributed by atoms with E-state index in [0.717, 1.165) is 25.7 Å². The van der Waals surface area contributed by atoms with E-state index in [1.165, 1.54) is 0 Å². The lowest BCUT2D eigenvalue weighted by Crippen LogP contribution is -2.46. The molecule has 0 bridgehead atoms. The lowest BCUT2D eigenvalue weighted by molar-refractivity contribution is -0.147. The Balaban J connectivity index is 1.80. The van der Waals surface area contributed by atoms with E-state index < -0.39 is 11.4 Å². The molecule has 1 saturated carbocycles. The molecule has 0 spiro atoms. The van der Waals surface area contributed by atoms with Crippen LogP contribution in [0.4, 0.5) is 4.79 Å². The topological polar surface area (TPSA) is 78.9 Å². The number of carbonyl (C=O) groups is 2. The first-order chi connectivity index (χ1) is 9.44. The molecule has 2 amide bonds. The van der Waals surface area contributed by atoms with Gasteiger partial charge < -0.3 is 20.1 Å². The van der Waals surface area contributed by atoms with E-state index in [2.05, 4.69) is 5.32 Å². The summed E-state index contributed by atoms with van der Waals surface area (Å²) in [5, 5.41) is 12.2. The minimum atomic E-state index is -0.826. The number of aliphatic carboxylic acids is 1. The maximum atomic E-state index is 12.2. The lowest BCUT2D eigenvalue weighted by atomic mass is 9.90. The molecule has 2 fully saturated rings. The van der Waals surface area contributed by atoms with Crippen LogP contribution in [0.15, 0.2) is 0 Å². The van der Waals surface area contributed by atoms with Gasteiger partial charge in [-0.15, -0.1) is 0 Å². The first kappa shape index (κ1) is 15.1. The van der Waals surface area contributed by atoms with Crippen molar-refractivity contribution in [2.24, 2.45) is 5.41 Å². The molecule has 1 atom stereocenters. The van der Waals surface area contributed by atoms with Crippen LogP contribution in [-0.4, -0.2) is 54.4 Å². The summed E-state index contributed by atoms with van der Waals surface area (Å²) < 4.78 is 5.31. The van der Waals surface area contributed by atoms with Crippen LogP contribution in [0.25, 0.3) is 0 Å². The Bertz CT molecular complexity index is 379. The number of rotatable bonds is 3. The normalized spacial score (nSPS) is 34.0. The first-order valence-corrected chi connectivity index (χ1v) is 7.26. The fourth-order valence-corrected chi connectivity index (χ4v) is 3.02. The Hall–Kier alpha value is -1.30. The molecular formula is C14H24N2O4. The quantitative estimate of drug-likeness (QED) is 0.822. The van der Waals surface area contributed by atoms with Gasteiger partial charge in [0.25, 0.3) is 0 Å². The van der Waals surface area contributed by atoms with Crippen LogP contribution in [0.3, 0.4) is 0 Å². The maximum absolute atomic E-state index is 12.2. The monoisotopic (exact) mass is 284 g/mol. The van der Waals surface area contributed by atoms with Gasteiger partial charge in [-0.05, 0) is 39.0 Å². The summed E-state index contributed by atoms with van der Waals surface area (Å²) in [4.78, 5) is 25.0. The van der Waals surface area contributed by atoms with Gasteiger partial charge in [-0.25, -0.2) is 4.79 Å². The van der Waals surface area contributed by atoms with Crippen molar-refractivity contribution in [3.05, 3.63) is 0 Å². The number of nitrogens with one attached hydrogen (secondary N) is 1. The van der Waals surface area contributed by atoms with E-state index in [4.69, 9.17) is 4.74 Å². The third kappa shape index (κ3) is 3.23. The van der Waals surface area contributed by atoms with Crippen molar-refractivity contribution in [1.29, 1.82) is 0 Å². The predicted molar refractivity (Wildman–Crippen MR) is 73.5 cm³/mol. The van der Waals surface area contributed by atoms with Crippen molar-refractivity contribution in [3.8, 4) is 0 Å². The van der Waals surface area contributed by atoms with Crippen LogP contribution in [-0.2, 0) is 9.53 Å². The highest BCUT2D eigenvalue weighted by Crippen LogP contribution is 2.30. The Labute approximate surface area is 119 Å². The number of amides is 2. The molecule has 6 nitrogen and oxygen atoms in total. The van der Waals surface area contributed by atoms with Gasteiger partial charge >= 0.3 is 12.0 Å². The van der Waals surface area contributed by atoms with Gasteiger partial charge in [-0.3, -0.25) is 4.79 Å².